The van der Waals surface area contributed by atoms with Crippen molar-refractivity contribution in [2.24, 2.45) is 4.99 Å². The lowest BCUT2D eigenvalue weighted by atomic mass is 10.1. The van der Waals surface area contributed by atoms with E-state index in [1.54, 1.807) is 6.26 Å². The Kier molecular flexibility index (Phi) is 6.04. The molecule has 0 aliphatic heterocycles. The van der Waals surface area contributed by atoms with Crippen LogP contribution in [0.1, 0.15) is 23.7 Å². The van der Waals surface area contributed by atoms with Crippen LogP contribution in [0.25, 0.3) is 11.5 Å². The van der Waals surface area contributed by atoms with E-state index >= 15 is 0 Å². The third kappa shape index (κ3) is 4.96. The van der Waals surface area contributed by atoms with E-state index in [2.05, 4.69) is 51.8 Å². The number of hydrogen-bond acceptors (Lipinski definition) is 3. The van der Waals surface area contributed by atoms with Gasteiger partial charge in [-0.25, -0.2) is 9.98 Å². The molecule has 5 nitrogen and oxygen atoms in total. The molecule has 1 aromatic heterocycles. The van der Waals surface area contributed by atoms with E-state index in [9.17, 15) is 0 Å². The van der Waals surface area contributed by atoms with Crippen molar-refractivity contribution in [3.8, 4) is 11.5 Å². The largest absolute Gasteiger partial charge is 0.444 e. The zero-order valence-corrected chi connectivity index (χ0v) is 15.2. The SMILES string of the molecule is CCNC(=NCc1ccccc1)NCc1coc(-c2ccc(C)cc2)n1. The molecule has 2 N–H and O–H groups in total. The van der Waals surface area contributed by atoms with Gasteiger partial charge in [0.25, 0.3) is 0 Å². The van der Waals surface area contributed by atoms with Crippen molar-refractivity contribution in [3.63, 3.8) is 0 Å². The lowest BCUT2D eigenvalue weighted by Crippen LogP contribution is -2.36. The van der Waals surface area contributed by atoms with Crippen molar-refractivity contribution >= 4 is 5.96 Å². The highest BCUT2D eigenvalue weighted by atomic mass is 16.3. The summed E-state index contributed by atoms with van der Waals surface area (Å²) >= 11 is 0. The molecule has 3 rings (SSSR count). The number of guanidine groups is 1. The van der Waals surface area contributed by atoms with Crippen LogP contribution in [0.3, 0.4) is 0 Å². The van der Waals surface area contributed by atoms with Crippen molar-refractivity contribution in [1.29, 1.82) is 0 Å². The summed E-state index contributed by atoms with van der Waals surface area (Å²) < 4.78 is 5.60. The molecule has 0 radical (unpaired) electrons. The van der Waals surface area contributed by atoms with E-state index in [0.29, 0.717) is 19.0 Å². The predicted octanol–water partition coefficient (Wildman–Crippen LogP) is 3.91. The molecule has 0 aliphatic carbocycles. The summed E-state index contributed by atoms with van der Waals surface area (Å²) in [5.41, 5.74) is 4.21. The second kappa shape index (κ2) is 8.85. The standard InChI is InChI=1S/C21H24N4O/c1-3-22-21(23-13-17-7-5-4-6-8-17)24-14-19-15-26-20(25-19)18-11-9-16(2)10-12-18/h4-12,15H,3,13-14H2,1-2H3,(H2,22,23,24). The van der Waals surface area contributed by atoms with Crippen LogP contribution in [-0.4, -0.2) is 17.5 Å². The second-order valence-electron chi connectivity index (χ2n) is 6.04. The molecule has 1 heterocycles. The third-order valence-electron chi connectivity index (χ3n) is 3.89. The first-order valence-electron chi connectivity index (χ1n) is 8.82. The number of aliphatic imine (C=N–C) groups is 1. The molecule has 0 spiro atoms. The minimum Gasteiger partial charge on any atom is -0.444 e. The monoisotopic (exact) mass is 348 g/mol. The third-order valence-corrected chi connectivity index (χ3v) is 3.89. The normalized spacial score (nSPS) is 11.4. The van der Waals surface area contributed by atoms with E-state index in [1.165, 1.54) is 11.1 Å². The topological polar surface area (TPSA) is 62.5 Å². The van der Waals surface area contributed by atoms with E-state index in [-0.39, 0.29) is 0 Å². The molecule has 26 heavy (non-hydrogen) atoms. The average molecular weight is 348 g/mol. The van der Waals surface area contributed by atoms with Crippen LogP contribution in [0.5, 0.6) is 0 Å². The Balaban J connectivity index is 1.61. The first kappa shape index (κ1) is 17.7. The van der Waals surface area contributed by atoms with Gasteiger partial charge in [-0.05, 0) is 31.5 Å². The van der Waals surface area contributed by atoms with Gasteiger partial charge >= 0.3 is 0 Å². The van der Waals surface area contributed by atoms with Gasteiger partial charge in [-0.15, -0.1) is 0 Å². The Hall–Kier alpha value is -3.08. The molecule has 134 valence electrons. The average Bonchev–Trinajstić information content (AvgIpc) is 3.14. The van der Waals surface area contributed by atoms with Crippen LogP contribution in [0.4, 0.5) is 0 Å². The van der Waals surface area contributed by atoms with Gasteiger partial charge in [0.15, 0.2) is 5.96 Å². The summed E-state index contributed by atoms with van der Waals surface area (Å²) in [6, 6.07) is 18.3. The van der Waals surface area contributed by atoms with Crippen LogP contribution in [0.15, 0.2) is 70.3 Å². The Bertz CT molecular complexity index is 838. The van der Waals surface area contributed by atoms with E-state index in [1.807, 2.05) is 37.3 Å². The molecule has 2 aromatic carbocycles. The number of oxazole rings is 1. The van der Waals surface area contributed by atoms with Gasteiger partial charge in [0.05, 0.1) is 18.8 Å². The second-order valence-corrected chi connectivity index (χ2v) is 6.04. The number of rotatable bonds is 6. The fourth-order valence-corrected chi connectivity index (χ4v) is 2.49. The lowest BCUT2D eigenvalue weighted by Gasteiger charge is -2.10. The number of nitrogens with zero attached hydrogens (tertiary/aromatic N) is 2. The van der Waals surface area contributed by atoms with Gasteiger partial charge in [-0.1, -0.05) is 48.0 Å². The lowest BCUT2D eigenvalue weighted by molar-refractivity contribution is 0.572. The zero-order valence-electron chi connectivity index (χ0n) is 15.2. The number of hydrogen-bond donors (Lipinski definition) is 2. The Labute approximate surface area is 154 Å². The minimum atomic E-state index is 0.552. The zero-order chi connectivity index (χ0) is 18.2. The van der Waals surface area contributed by atoms with Gasteiger partial charge in [-0.2, -0.15) is 0 Å². The first-order valence-corrected chi connectivity index (χ1v) is 8.82. The number of nitrogens with one attached hydrogen (secondary N) is 2. The van der Waals surface area contributed by atoms with Gasteiger partial charge in [-0.3, -0.25) is 0 Å². The van der Waals surface area contributed by atoms with Crippen molar-refractivity contribution in [2.75, 3.05) is 6.54 Å². The Morgan fingerprint density at radius 1 is 1.04 bits per heavy atom. The van der Waals surface area contributed by atoms with Crippen LogP contribution in [0, 0.1) is 6.92 Å². The van der Waals surface area contributed by atoms with Crippen LogP contribution in [0.2, 0.25) is 0 Å². The number of aryl methyl sites for hydroxylation is 1. The number of aromatic nitrogens is 1. The molecule has 0 unspecified atom stereocenters. The Morgan fingerprint density at radius 3 is 2.54 bits per heavy atom. The Morgan fingerprint density at radius 2 is 1.81 bits per heavy atom. The first-order chi connectivity index (χ1) is 12.7. The summed E-state index contributed by atoms with van der Waals surface area (Å²) in [6.07, 6.45) is 1.68. The molecule has 0 amide bonds. The highest BCUT2D eigenvalue weighted by Gasteiger charge is 2.07. The summed E-state index contributed by atoms with van der Waals surface area (Å²) in [7, 11) is 0. The minimum absolute atomic E-state index is 0.552. The molecule has 0 bridgehead atoms. The smallest absolute Gasteiger partial charge is 0.226 e. The summed E-state index contributed by atoms with van der Waals surface area (Å²) in [6.45, 7) is 6.09. The molecule has 0 saturated carbocycles. The van der Waals surface area contributed by atoms with Crippen LogP contribution in [-0.2, 0) is 13.1 Å². The van der Waals surface area contributed by atoms with Gasteiger partial charge in [0.2, 0.25) is 5.89 Å². The quantitative estimate of drug-likeness (QED) is 0.524. The summed E-state index contributed by atoms with van der Waals surface area (Å²) in [5, 5.41) is 6.55. The maximum atomic E-state index is 5.60. The van der Waals surface area contributed by atoms with Crippen LogP contribution >= 0.6 is 0 Å². The predicted molar refractivity (Wildman–Crippen MR) is 105 cm³/mol. The molecular formula is C21H24N4O. The highest BCUT2D eigenvalue weighted by molar-refractivity contribution is 5.79. The van der Waals surface area contributed by atoms with Crippen LogP contribution < -0.4 is 10.6 Å². The van der Waals surface area contributed by atoms with E-state index < -0.39 is 0 Å². The molecule has 0 aliphatic rings. The fraction of sp³-hybridized carbons (Fsp3) is 0.238. The molecule has 3 aromatic rings. The van der Waals surface area contributed by atoms with Gasteiger partial charge in [0, 0.05) is 12.1 Å². The van der Waals surface area contributed by atoms with Crippen molar-refractivity contribution in [1.82, 2.24) is 15.6 Å². The van der Waals surface area contributed by atoms with Gasteiger partial charge in [0.1, 0.15) is 6.26 Å². The molecule has 0 saturated heterocycles. The molecule has 0 fully saturated rings. The maximum absolute atomic E-state index is 5.60. The van der Waals surface area contributed by atoms with E-state index in [4.69, 9.17) is 4.42 Å². The summed E-state index contributed by atoms with van der Waals surface area (Å²) in [4.78, 5) is 9.16. The molecule has 5 heteroatoms. The van der Waals surface area contributed by atoms with Crippen molar-refractivity contribution in [3.05, 3.63) is 77.7 Å². The number of benzene rings is 2. The fourth-order valence-electron chi connectivity index (χ4n) is 2.49. The maximum Gasteiger partial charge on any atom is 0.226 e. The van der Waals surface area contributed by atoms with Crippen molar-refractivity contribution in [2.45, 2.75) is 26.9 Å². The highest BCUT2D eigenvalue weighted by Crippen LogP contribution is 2.18. The van der Waals surface area contributed by atoms with E-state index in [0.717, 1.165) is 23.8 Å². The van der Waals surface area contributed by atoms with Gasteiger partial charge < -0.3 is 15.1 Å². The molecular weight excluding hydrogens is 324 g/mol. The van der Waals surface area contributed by atoms with Crippen molar-refractivity contribution < 1.29 is 4.42 Å². The summed E-state index contributed by atoms with van der Waals surface area (Å²) in [5.74, 6) is 1.39. The molecule has 0 atom stereocenters.